The van der Waals surface area contributed by atoms with Crippen LogP contribution in [-0.4, -0.2) is 34.4 Å². The fourth-order valence-electron chi connectivity index (χ4n) is 2.47. The van der Waals surface area contributed by atoms with E-state index in [0.717, 1.165) is 19.3 Å². The van der Waals surface area contributed by atoms with Crippen LogP contribution in [0.5, 0.6) is 0 Å². The van der Waals surface area contributed by atoms with Gasteiger partial charge in [0.05, 0.1) is 0 Å². The van der Waals surface area contributed by atoms with Crippen LogP contribution in [0.15, 0.2) is 0 Å². The van der Waals surface area contributed by atoms with Gasteiger partial charge in [0.2, 0.25) is 0 Å². The Morgan fingerprint density at radius 3 is 1.70 bits per heavy atom. The Morgan fingerprint density at radius 1 is 0.870 bits per heavy atom. The van der Waals surface area contributed by atoms with Gasteiger partial charge in [-0.1, -0.05) is 71.1 Å². The van der Waals surface area contributed by atoms with Crippen molar-refractivity contribution in [1.82, 2.24) is 0 Å². The van der Waals surface area contributed by atoms with Crippen molar-refractivity contribution in [3.05, 3.63) is 0 Å². The molecule has 0 spiro atoms. The largest absolute Gasteiger partial charge is 0.479 e. The first-order chi connectivity index (χ1) is 11.0. The van der Waals surface area contributed by atoms with E-state index in [4.69, 9.17) is 14.9 Å². The molecule has 0 aliphatic carbocycles. The third-order valence-corrected chi connectivity index (χ3v) is 3.94. The molecule has 0 radical (unpaired) electrons. The Kier molecular flexibility index (Phi) is 13.8. The van der Waals surface area contributed by atoms with Crippen LogP contribution < -0.4 is 0 Å². The lowest BCUT2D eigenvalue weighted by Crippen LogP contribution is -2.31. The standard InChI is InChI=1S/C18H34O5/c1-3-4-5-6-7-8-9-10-11-12-13-14-16(17(20)21)23-18(22)15(2)19/h15-16,19H,3-14H2,1-2H3,(H,20,21). The quantitative estimate of drug-likeness (QED) is 0.349. The molecule has 0 aliphatic heterocycles. The summed E-state index contributed by atoms with van der Waals surface area (Å²) in [6.45, 7) is 3.49. The number of ether oxygens (including phenoxy) is 1. The third kappa shape index (κ3) is 13.1. The number of carbonyl (C=O) groups excluding carboxylic acids is 1. The number of hydrogen-bond donors (Lipinski definition) is 2. The van der Waals surface area contributed by atoms with Crippen molar-refractivity contribution in [2.75, 3.05) is 0 Å². The van der Waals surface area contributed by atoms with Crippen molar-refractivity contribution in [2.24, 2.45) is 0 Å². The SMILES string of the molecule is CCCCCCCCCCCCCC(OC(=O)C(C)O)C(=O)O. The zero-order valence-corrected chi connectivity index (χ0v) is 14.8. The summed E-state index contributed by atoms with van der Waals surface area (Å²) in [7, 11) is 0. The van der Waals surface area contributed by atoms with Crippen LogP contribution in [0.2, 0.25) is 0 Å². The number of carboxylic acid groups (broad SMARTS) is 1. The zero-order chi connectivity index (χ0) is 17.5. The first-order valence-electron chi connectivity index (χ1n) is 9.10. The number of carboxylic acids is 1. The maximum atomic E-state index is 11.2. The van der Waals surface area contributed by atoms with Crippen LogP contribution in [0.25, 0.3) is 0 Å². The van der Waals surface area contributed by atoms with Gasteiger partial charge in [0.1, 0.15) is 6.10 Å². The molecule has 136 valence electrons. The molecule has 0 saturated heterocycles. The summed E-state index contributed by atoms with van der Waals surface area (Å²) in [5.41, 5.74) is 0. The molecular formula is C18H34O5. The van der Waals surface area contributed by atoms with E-state index in [-0.39, 0.29) is 0 Å². The van der Waals surface area contributed by atoms with Crippen molar-refractivity contribution >= 4 is 11.9 Å². The van der Waals surface area contributed by atoms with Gasteiger partial charge in [-0.2, -0.15) is 0 Å². The summed E-state index contributed by atoms with van der Waals surface area (Å²) in [4.78, 5) is 22.2. The van der Waals surface area contributed by atoms with Gasteiger partial charge >= 0.3 is 11.9 Å². The Hall–Kier alpha value is -1.10. The lowest BCUT2D eigenvalue weighted by Gasteiger charge is -2.14. The first-order valence-corrected chi connectivity index (χ1v) is 9.10. The maximum absolute atomic E-state index is 11.2. The van der Waals surface area contributed by atoms with Crippen molar-refractivity contribution in [1.29, 1.82) is 0 Å². The maximum Gasteiger partial charge on any atom is 0.345 e. The van der Waals surface area contributed by atoms with Crippen LogP contribution in [0.3, 0.4) is 0 Å². The second-order valence-corrected chi connectivity index (χ2v) is 6.26. The van der Waals surface area contributed by atoms with E-state index in [1.54, 1.807) is 0 Å². The van der Waals surface area contributed by atoms with Gasteiger partial charge < -0.3 is 14.9 Å². The number of aliphatic carboxylic acids is 1. The summed E-state index contributed by atoms with van der Waals surface area (Å²) in [5, 5.41) is 18.1. The molecule has 0 bridgehead atoms. The number of unbranched alkanes of at least 4 members (excludes halogenated alkanes) is 10. The molecule has 2 atom stereocenters. The molecule has 5 heteroatoms. The molecule has 0 fully saturated rings. The monoisotopic (exact) mass is 330 g/mol. The number of aliphatic hydroxyl groups excluding tert-OH is 1. The van der Waals surface area contributed by atoms with Crippen molar-refractivity contribution in [3.63, 3.8) is 0 Å². The highest BCUT2D eigenvalue weighted by atomic mass is 16.6. The predicted molar refractivity (Wildman–Crippen MR) is 90.3 cm³/mol. The molecular weight excluding hydrogens is 296 g/mol. The van der Waals surface area contributed by atoms with Gasteiger partial charge in [-0.15, -0.1) is 0 Å². The summed E-state index contributed by atoms with van der Waals surface area (Å²) < 4.78 is 4.78. The van der Waals surface area contributed by atoms with Crippen LogP contribution in [0.4, 0.5) is 0 Å². The molecule has 0 aromatic heterocycles. The van der Waals surface area contributed by atoms with Crippen LogP contribution in [-0.2, 0) is 14.3 Å². The van der Waals surface area contributed by atoms with E-state index in [1.165, 1.54) is 58.3 Å². The number of esters is 1. The summed E-state index contributed by atoms with van der Waals surface area (Å²) in [5.74, 6) is -2.02. The number of hydrogen-bond acceptors (Lipinski definition) is 4. The van der Waals surface area contributed by atoms with Crippen LogP contribution in [0.1, 0.15) is 90.9 Å². The summed E-state index contributed by atoms with van der Waals surface area (Å²) in [6.07, 6.45) is 11.0. The fourth-order valence-corrected chi connectivity index (χ4v) is 2.47. The van der Waals surface area contributed by atoms with E-state index < -0.39 is 24.1 Å². The number of aliphatic hydroxyl groups is 1. The minimum Gasteiger partial charge on any atom is -0.479 e. The molecule has 0 rings (SSSR count). The average molecular weight is 330 g/mol. The first kappa shape index (κ1) is 21.9. The lowest BCUT2D eigenvalue weighted by atomic mass is 10.0. The van der Waals surface area contributed by atoms with Crippen molar-refractivity contribution in [2.45, 2.75) is 103 Å². The summed E-state index contributed by atoms with van der Waals surface area (Å²) in [6, 6.07) is 0. The van der Waals surface area contributed by atoms with E-state index in [0.29, 0.717) is 6.42 Å². The molecule has 0 saturated carbocycles. The lowest BCUT2D eigenvalue weighted by molar-refractivity contribution is -0.169. The van der Waals surface area contributed by atoms with Crippen LogP contribution in [0, 0.1) is 0 Å². The Morgan fingerprint density at radius 2 is 1.30 bits per heavy atom. The molecule has 2 unspecified atom stereocenters. The summed E-state index contributed by atoms with van der Waals surface area (Å²) >= 11 is 0. The Labute approximate surface area is 140 Å². The van der Waals surface area contributed by atoms with E-state index >= 15 is 0 Å². The highest BCUT2D eigenvalue weighted by molar-refractivity contribution is 5.79. The Balaban J connectivity index is 3.56. The fraction of sp³-hybridized carbons (Fsp3) is 0.889. The van der Waals surface area contributed by atoms with E-state index in [2.05, 4.69) is 6.92 Å². The molecule has 0 aromatic carbocycles. The molecule has 0 aliphatic rings. The minimum atomic E-state index is -1.28. The van der Waals surface area contributed by atoms with Gasteiger partial charge in [0.25, 0.3) is 0 Å². The molecule has 5 nitrogen and oxygen atoms in total. The third-order valence-electron chi connectivity index (χ3n) is 3.94. The van der Waals surface area contributed by atoms with Crippen molar-refractivity contribution < 1.29 is 24.5 Å². The Bertz CT molecular complexity index is 315. The van der Waals surface area contributed by atoms with Crippen molar-refractivity contribution in [3.8, 4) is 0 Å². The normalized spacial score (nSPS) is 13.5. The second-order valence-electron chi connectivity index (χ2n) is 6.26. The minimum absolute atomic E-state index is 0.310. The molecule has 0 heterocycles. The molecule has 23 heavy (non-hydrogen) atoms. The van der Waals surface area contributed by atoms with E-state index in [9.17, 15) is 9.59 Å². The highest BCUT2D eigenvalue weighted by Crippen LogP contribution is 2.13. The average Bonchev–Trinajstić information content (AvgIpc) is 2.50. The molecule has 0 aromatic rings. The van der Waals surface area contributed by atoms with E-state index in [1.807, 2.05) is 0 Å². The molecule has 0 amide bonds. The number of rotatable bonds is 15. The van der Waals surface area contributed by atoms with Gasteiger partial charge in [-0.3, -0.25) is 0 Å². The number of carbonyl (C=O) groups is 2. The van der Waals surface area contributed by atoms with Gasteiger partial charge in [-0.25, -0.2) is 9.59 Å². The second kappa shape index (κ2) is 14.5. The topological polar surface area (TPSA) is 83.8 Å². The van der Waals surface area contributed by atoms with Crippen LogP contribution >= 0.6 is 0 Å². The van der Waals surface area contributed by atoms with Gasteiger partial charge in [0.15, 0.2) is 6.10 Å². The smallest absolute Gasteiger partial charge is 0.345 e. The molecule has 2 N–H and O–H groups in total. The zero-order valence-electron chi connectivity index (χ0n) is 14.8. The predicted octanol–water partition coefficient (Wildman–Crippen LogP) is 4.06. The van der Waals surface area contributed by atoms with Gasteiger partial charge in [0, 0.05) is 0 Å². The van der Waals surface area contributed by atoms with Gasteiger partial charge in [-0.05, 0) is 19.8 Å². The highest BCUT2D eigenvalue weighted by Gasteiger charge is 2.23.